The number of para-hydroxylation sites is 1. The second kappa shape index (κ2) is 5.83. The van der Waals surface area contributed by atoms with Crippen LogP contribution in [0.15, 0.2) is 24.3 Å². The van der Waals surface area contributed by atoms with Crippen LogP contribution in [0.2, 0.25) is 0 Å². The molecule has 0 saturated heterocycles. The molecular formula is C15H20N2O. The van der Waals surface area contributed by atoms with Crippen LogP contribution in [-0.4, -0.2) is 18.7 Å². The quantitative estimate of drug-likeness (QED) is 0.879. The molecule has 18 heavy (non-hydrogen) atoms. The van der Waals surface area contributed by atoms with E-state index in [1.807, 2.05) is 0 Å². The van der Waals surface area contributed by atoms with E-state index in [1.165, 1.54) is 10.9 Å². The topological polar surface area (TPSA) is 48.1 Å². The number of aromatic nitrogens is 1. The van der Waals surface area contributed by atoms with Crippen LogP contribution in [0.5, 0.6) is 0 Å². The maximum atomic E-state index is 6.03. The highest BCUT2D eigenvalue weighted by Crippen LogP contribution is 2.23. The number of anilines is 1. The van der Waals surface area contributed by atoms with Gasteiger partial charge in [-0.05, 0) is 30.0 Å². The standard InChI is InChI=1S/C15H20N2O/c1-3-5-13-10-12-7-4-6-11(8-9-18-2)14(12)17-15(13)16/h4,6-7,10H,3,5,8-9H2,1-2H3,(H2,16,17). The number of nitrogens with zero attached hydrogens (tertiary/aromatic N) is 1. The molecule has 0 saturated carbocycles. The number of benzene rings is 1. The summed E-state index contributed by atoms with van der Waals surface area (Å²) in [7, 11) is 1.71. The van der Waals surface area contributed by atoms with Crippen molar-refractivity contribution < 1.29 is 4.74 Å². The van der Waals surface area contributed by atoms with Crippen molar-refractivity contribution in [2.24, 2.45) is 0 Å². The molecule has 0 unspecified atom stereocenters. The minimum atomic E-state index is 0.661. The molecule has 3 nitrogen and oxygen atoms in total. The number of hydrogen-bond donors (Lipinski definition) is 1. The third-order valence-corrected chi connectivity index (χ3v) is 3.14. The number of nitrogens with two attached hydrogens (primary N) is 1. The van der Waals surface area contributed by atoms with Gasteiger partial charge >= 0.3 is 0 Å². The zero-order valence-electron chi connectivity index (χ0n) is 11.1. The van der Waals surface area contributed by atoms with Gasteiger partial charge in [-0.3, -0.25) is 0 Å². The first-order valence-electron chi connectivity index (χ1n) is 6.42. The average Bonchev–Trinajstić information content (AvgIpc) is 2.38. The molecule has 0 aliphatic rings. The molecule has 2 N–H and O–H groups in total. The molecule has 0 atom stereocenters. The zero-order valence-corrected chi connectivity index (χ0v) is 11.1. The Bertz CT molecular complexity index is 537. The van der Waals surface area contributed by atoms with Gasteiger partial charge in [0.15, 0.2) is 0 Å². The molecule has 0 amide bonds. The highest BCUT2D eigenvalue weighted by Gasteiger charge is 2.07. The first-order valence-corrected chi connectivity index (χ1v) is 6.42. The van der Waals surface area contributed by atoms with E-state index in [9.17, 15) is 0 Å². The van der Waals surface area contributed by atoms with Gasteiger partial charge in [0.1, 0.15) is 5.82 Å². The van der Waals surface area contributed by atoms with E-state index < -0.39 is 0 Å². The molecule has 0 bridgehead atoms. The van der Waals surface area contributed by atoms with Gasteiger partial charge in [-0.2, -0.15) is 0 Å². The van der Waals surface area contributed by atoms with Gasteiger partial charge in [0.05, 0.1) is 12.1 Å². The van der Waals surface area contributed by atoms with Crippen LogP contribution >= 0.6 is 0 Å². The average molecular weight is 244 g/mol. The van der Waals surface area contributed by atoms with E-state index in [2.05, 4.69) is 36.2 Å². The Kier molecular flexibility index (Phi) is 4.15. The Hall–Kier alpha value is -1.61. The minimum absolute atomic E-state index is 0.661. The number of fused-ring (bicyclic) bond motifs is 1. The van der Waals surface area contributed by atoms with Crippen molar-refractivity contribution in [3.05, 3.63) is 35.4 Å². The summed E-state index contributed by atoms with van der Waals surface area (Å²) in [4.78, 5) is 4.57. The Labute approximate surface area is 108 Å². The lowest BCUT2D eigenvalue weighted by atomic mass is 10.0. The molecule has 0 radical (unpaired) electrons. The zero-order chi connectivity index (χ0) is 13.0. The maximum Gasteiger partial charge on any atom is 0.127 e. The van der Waals surface area contributed by atoms with Crippen LogP contribution in [0.4, 0.5) is 5.82 Å². The summed E-state index contributed by atoms with van der Waals surface area (Å²) in [5.41, 5.74) is 9.38. The Balaban J connectivity index is 2.46. The molecule has 2 rings (SSSR count). The molecule has 0 aliphatic heterocycles. The van der Waals surface area contributed by atoms with Gasteiger partial charge < -0.3 is 10.5 Å². The molecule has 0 spiro atoms. The molecule has 1 heterocycles. The van der Waals surface area contributed by atoms with Crippen LogP contribution < -0.4 is 5.73 Å². The second-order valence-corrected chi connectivity index (χ2v) is 4.51. The fraction of sp³-hybridized carbons (Fsp3) is 0.400. The monoisotopic (exact) mass is 244 g/mol. The second-order valence-electron chi connectivity index (χ2n) is 4.51. The van der Waals surface area contributed by atoms with Gasteiger partial charge in [0.25, 0.3) is 0 Å². The van der Waals surface area contributed by atoms with Gasteiger partial charge in [-0.25, -0.2) is 4.98 Å². The first-order chi connectivity index (χ1) is 8.76. The fourth-order valence-corrected chi connectivity index (χ4v) is 2.20. The number of nitrogen functional groups attached to an aromatic ring is 1. The first kappa shape index (κ1) is 12.8. The highest BCUT2D eigenvalue weighted by molar-refractivity contribution is 5.84. The fourth-order valence-electron chi connectivity index (χ4n) is 2.20. The van der Waals surface area contributed by atoms with Crippen molar-refractivity contribution >= 4 is 16.7 Å². The van der Waals surface area contributed by atoms with E-state index in [-0.39, 0.29) is 0 Å². The summed E-state index contributed by atoms with van der Waals surface area (Å²) in [5, 5.41) is 1.17. The number of hydrogen-bond acceptors (Lipinski definition) is 3. The van der Waals surface area contributed by atoms with Crippen molar-refractivity contribution in [3.8, 4) is 0 Å². The lowest BCUT2D eigenvalue weighted by Gasteiger charge is -2.09. The van der Waals surface area contributed by atoms with Crippen LogP contribution in [0.3, 0.4) is 0 Å². The molecule has 2 aromatic rings. The van der Waals surface area contributed by atoms with E-state index in [1.54, 1.807) is 7.11 Å². The van der Waals surface area contributed by atoms with E-state index in [0.29, 0.717) is 12.4 Å². The third-order valence-electron chi connectivity index (χ3n) is 3.14. The molecule has 3 heteroatoms. The Morgan fingerprint density at radius 1 is 1.22 bits per heavy atom. The van der Waals surface area contributed by atoms with E-state index >= 15 is 0 Å². The summed E-state index contributed by atoms with van der Waals surface area (Å²) in [6.07, 6.45) is 2.94. The molecular weight excluding hydrogens is 224 g/mol. The molecule has 96 valence electrons. The summed E-state index contributed by atoms with van der Waals surface area (Å²) in [5.74, 6) is 0.661. The summed E-state index contributed by atoms with van der Waals surface area (Å²) in [6.45, 7) is 2.86. The summed E-state index contributed by atoms with van der Waals surface area (Å²) in [6, 6.07) is 8.42. The third kappa shape index (κ3) is 2.62. The van der Waals surface area contributed by atoms with Gasteiger partial charge in [-0.15, -0.1) is 0 Å². The maximum absolute atomic E-state index is 6.03. The number of rotatable bonds is 5. The molecule has 0 aliphatic carbocycles. The number of ether oxygens (including phenoxy) is 1. The van der Waals surface area contributed by atoms with Crippen molar-refractivity contribution in [2.75, 3.05) is 19.5 Å². The summed E-state index contributed by atoms with van der Waals surface area (Å²) >= 11 is 0. The van der Waals surface area contributed by atoms with Crippen molar-refractivity contribution in [1.82, 2.24) is 4.98 Å². The predicted octanol–water partition coefficient (Wildman–Crippen LogP) is 2.96. The summed E-state index contributed by atoms with van der Waals surface area (Å²) < 4.78 is 5.13. The molecule has 0 fully saturated rings. The highest BCUT2D eigenvalue weighted by atomic mass is 16.5. The van der Waals surface area contributed by atoms with Crippen molar-refractivity contribution in [3.63, 3.8) is 0 Å². The minimum Gasteiger partial charge on any atom is -0.384 e. The smallest absolute Gasteiger partial charge is 0.127 e. The van der Waals surface area contributed by atoms with Gasteiger partial charge in [0, 0.05) is 12.5 Å². The normalized spacial score (nSPS) is 11.0. The SMILES string of the molecule is CCCc1cc2cccc(CCOC)c2nc1N. The van der Waals surface area contributed by atoms with E-state index in [0.717, 1.165) is 30.3 Å². The Morgan fingerprint density at radius 2 is 2.06 bits per heavy atom. The van der Waals surface area contributed by atoms with Gasteiger partial charge in [-0.1, -0.05) is 31.5 Å². The Morgan fingerprint density at radius 3 is 2.78 bits per heavy atom. The molecule has 1 aromatic heterocycles. The van der Waals surface area contributed by atoms with Crippen LogP contribution in [-0.2, 0) is 17.6 Å². The van der Waals surface area contributed by atoms with Crippen molar-refractivity contribution in [1.29, 1.82) is 0 Å². The molecule has 1 aromatic carbocycles. The number of methoxy groups -OCH3 is 1. The largest absolute Gasteiger partial charge is 0.384 e. The number of pyridine rings is 1. The van der Waals surface area contributed by atoms with Crippen molar-refractivity contribution in [2.45, 2.75) is 26.2 Å². The number of aryl methyl sites for hydroxylation is 1. The van der Waals surface area contributed by atoms with Crippen LogP contribution in [0.25, 0.3) is 10.9 Å². The van der Waals surface area contributed by atoms with Gasteiger partial charge in [0.2, 0.25) is 0 Å². The predicted molar refractivity (Wildman–Crippen MR) is 75.7 cm³/mol. The lowest BCUT2D eigenvalue weighted by molar-refractivity contribution is 0.202. The lowest BCUT2D eigenvalue weighted by Crippen LogP contribution is -2.01. The van der Waals surface area contributed by atoms with Crippen LogP contribution in [0, 0.1) is 0 Å². The van der Waals surface area contributed by atoms with E-state index in [4.69, 9.17) is 10.5 Å². The van der Waals surface area contributed by atoms with Crippen LogP contribution in [0.1, 0.15) is 24.5 Å².